The Kier molecular flexibility index (Phi) is 31.4. The zero-order valence-electron chi connectivity index (χ0n) is 62.4. The molecule has 1 saturated carbocycles. The van der Waals surface area contributed by atoms with E-state index in [2.05, 4.69) is 45.1 Å². The Balaban J connectivity index is 0.870. The molecule has 2 aromatic rings. The van der Waals surface area contributed by atoms with Crippen LogP contribution >= 0.6 is 0 Å². The molecule has 2 bridgehead atoms. The van der Waals surface area contributed by atoms with Crippen LogP contribution in [0.5, 0.6) is 0 Å². The van der Waals surface area contributed by atoms with E-state index >= 15 is 0 Å². The van der Waals surface area contributed by atoms with E-state index in [0.717, 1.165) is 49.8 Å². The van der Waals surface area contributed by atoms with Gasteiger partial charge in [-0.25, -0.2) is 29.5 Å². The molecular weight excluding hydrogens is 1320 g/mol. The number of esters is 1. The number of amides is 3. The molecule has 0 aromatic carbocycles. The van der Waals surface area contributed by atoms with E-state index < -0.39 is 108 Å². The van der Waals surface area contributed by atoms with E-state index in [0.29, 0.717) is 121 Å². The van der Waals surface area contributed by atoms with Gasteiger partial charge in [0.15, 0.2) is 5.78 Å². The van der Waals surface area contributed by atoms with Gasteiger partial charge in [-0.1, -0.05) is 76.2 Å². The van der Waals surface area contributed by atoms with Crippen LogP contribution in [0.15, 0.2) is 77.5 Å². The van der Waals surface area contributed by atoms with Crippen molar-refractivity contribution in [2.75, 3.05) is 110 Å². The van der Waals surface area contributed by atoms with Gasteiger partial charge in [-0.15, -0.1) is 0 Å². The number of azide groups is 1. The van der Waals surface area contributed by atoms with E-state index in [1.165, 1.54) is 12.0 Å². The fourth-order valence-electron chi connectivity index (χ4n) is 15.0. The van der Waals surface area contributed by atoms with Crippen molar-refractivity contribution in [3.8, 4) is 0 Å². The summed E-state index contributed by atoms with van der Waals surface area (Å²) in [6, 6.07) is -2.06. The number of allylic oxidation sites excluding steroid dienone is 5. The number of fused-ring (bicyclic) bond motifs is 3. The Morgan fingerprint density at radius 1 is 0.777 bits per heavy atom. The number of ether oxygens (including phenoxy) is 7. The average molecular weight is 1440 g/mol. The molecule has 6 aliphatic rings. The number of piperazine rings is 2. The number of methoxy groups -OCH3 is 3. The number of alkyl carbamates (subject to hydrolysis) is 1. The number of carbonyl (C=O) groups excluding carboxylic acids is 6. The van der Waals surface area contributed by atoms with Gasteiger partial charge in [0.25, 0.3) is 11.7 Å². The molecule has 1 aliphatic carbocycles. The minimum Gasteiger partial charge on any atom is -0.461 e. The number of hydrogen-bond acceptors (Lipinski definition) is 23. The number of aryl methyl sites for hydroxylation is 1. The molecule has 0 unspecified atom stereocenters. The fraction of sp³-hybridized carbons (Fsp3) is 0.707. The van der Waals surface area contributed by atoms with Gasteiger partial charge in [0, 0.05) is 153 Å². The first-order valence-electron chi connectivity index (χ1n) is 37.1. The Hall–Kier alpha value is -7.27. The van der Waals surface area contributed by atoms with Crippen molar-refractivity contribution in [3.05, 3.63) is 94.0 Å². The molecule has 28 nitrogen and oxygen atoms in total. The average Bonchev–Trinajstić information content (AvgIpc) is 0.774. The molecule has 568 valence electrons. The van der Waals surface area contributed by atoms with Crippen molar-refractivity contribution in [3.63, 3.8) is 0 Å². The summed E-state index contributed by atoms with van der Waals surface area (Å²) in [6.45, 7) is 22.4. The van der Waals surface area contributed by atoms with Crippen LogP contribution < -0.4 is 15.1 Å². The molecule has 28 heteroatoms. The van der Waals surface area contributed by atoms with Crippen molar-refractivity contribution in [1.82, 2.24) is 40.0 Å². The first-order valence-corrected chi connectivity index (χ1v) is 37.1. The smallest absolute Gasteiger partial charge is 0.407 e. The third-order valence-corrected chi connectivity index (χ3v) is 21.6. The fourth-order valence-corrected chi connectivity index (χ4v) is 15.0. The summed E-state index contributed by atoms with van der Waals surface area (Å²) in [5.74, 6) is -6.66. The van der Waals surface area contributed by atoms with Crippen LogP contribution in [0.3, 0.4) is 0 Å². The molecule has 7 heterocycles. The molecule has 16 atom stereocenters. The van der Waals surface area contributed by atoms with Gasteiger partial charge < -0.3 is 68.3 Å². The normalized spacial score (nSPS) is 32.3. The monoisotopic (exact) mass is 1440 g/mol. The van der Waals surface area contributed by atoms with Gasteiger partial charge >= 0.3 is 12.1 Å². The van der Waals surface area contributed by atoms with Gasteiger partial charge in [-0.05, 0) is 137 Å². The molecule has 3 amide bonds. The number of aromatic nitrogens is 4. The number of nitrogens with one attached hydrogen (secondary N) is 1. The van der Waals surface area contributed by atoms with Crippen LogP contribution in [0.1, 0.15) is 143 Å². The topological polar surface area (TPSA) is 336 Å². The van der Waals surface area contributed by atoms with E-state index in [1.54, 1.807) is 46.5 Å². The zero-order chi connectivity index (χ0) is 74.3. The molecule has 3 N–H and O–H groups in total. The summed E-state index contributed by atoms with van der Waals surface area (Å²) >= 11 is 0. The van der Waals surface area contributed by atoms with Crippen molar-refractivity contribution < 1.29 is 72.1 Å². The predicted octanol–water partition coefficient (Wildman–Crippen LogP) is 7.99. The summed E-state index contributed by atoms with van der Waals surface area (Å²) in [4.78, 5) is 116. The second-order valence-electron chi connectivity index (χ2n) is 29.2. The zero-order valence-corrected chi connectivity index (χ0v) is 62.4. The summed E-state index contributed by atoms with van der Waals surface area (Å²) < 4.78 is 42.2. The van der Waals surface area contributed by atoms with Crippen molar-refractivity contribution in [2.24, 2.45) is 40.6 Å². The van der Waals surface area contributed by atoms with Crippen LogP contribution in [0.25, 0.3) is 10.4 Å². The van der Waals surface area contributed by atoms with Crippen LogP contribution in [-0.2, 0) is 63.7 Å². The Morgan fingerprint density at radius 2 is 1.47 bits per heavy atom. The van der Waals surface area contributed by atoms with Crippen LogP contribution in [0.4, 0.5) is 16.7 Å². The van der Waals surface area contributed by atoms with Gasteiger partial charge in [0.2, 0.25) is 23.6 Å². The third-order valence-electron chi connectivity index (χ3n) is 21.6. The van der Waals surface area contributed by atoms with Gasteiger partial charge in [-0.2, -0.15) is 0 Å². The number of carbonyl (C=O) groups is 6. The van der Waals surface area contributed by atoms with E-state index in [-0.39, 0.29) is 55.9 Å². The number of rotatable bonds is 18. The molecule has 4 saturated heterocycles. The molecule has 8 rings (SSSR count). The molecule has 5 aliphatic heterocycles. The number of hydrogen-bond donors (Lipinski definition) is 3. The van der Waals surface area contributed by atoms with Crippen molar-refractivity contribution in [2.45, 2.75) is 206 Å². The largest absolute Gasteiger partial charge is 0.461 e. The van der Waals surface area contributed by atoms with Gasteiger partial charge in [0.05, 0.1) is 37.9 Å². The lowest BCUT2D eigenvalue weighted by Crippen LogP contribution is -2.61. The molecular formula is C75H113N13O15. The summed E-state index contributed by atoms with van der Waals surface area (Å²) in [7, 11) is 4.52. The lowest BCUT2D eigenvalue weighted by atomic mass is 9.78. The van der Waals surface area contributed by atoms with Gasteiger partial charge in [0.1, 0.15) is 30.5 Å². The van der Waals surface area contributed by atoms with Gasteiger partial charge in [-0.3, -0.25) is 24.1 Å². The number of nitrogens with zero attached hydrogens (tertiary/aromatic N) is 12. The lowest BCUT2D eigenvalue weighted by Gasteiger charge is -2.43. The maximum absolute atomic E-state index is 14.9. The second-order valence-corrected chi connectivity index (χ2v) is 29.2. The molecule has 0 radical (unpaired) electrons. The number of Topliss-reactive ketones (excluding diaryl/α,β-unsaturated/α-hetero) is 2. The first kappa shape index (κ1) is 81.4. The number of piperidine rings is 1. The quantitative estimate of drug-likeness (QED) is 0.0242. The SMILES string of the molecule is CO[C@H]1C[C@@H]2CC[C@@H](C)[C@@](O)(O2)C(=O)C(=O)N2CCCC[C@H]2C(=O)O[C@H]([C@H](C)C[C@@H]2CC[C@@H](OC(=O)NCc3cnc(N4CCN(C(=O)CCOCCN5CCN(c6ncc(C)cn6)CC5)CC4)nc3)[C@H](OC)C2)C[C@H](N=[N+]=[N-])[C@H](C)/C=C(\C)[C@@H](O)[C@@H](OC)C(=O)[C@H](C)C[C@H](C)/C=C/C=C/C=C/1C. The van der Waals surface area contributed by atoms with E-state index in [1.807, 2.05) is 94.1 Å². The maximum atomic E-state index is 14.9. The van der Waals surface area contributed by atoms with Crippen molar-refractivity contribution in [1.29, 1.82) is 0 Å². The van der Waals surface area contributed by atoms with E-state index in [9.17, 15) is 44.5 Å². The number of aliphatic hydroxyl groups excluding tert-OH is 1. The molecule has 2 aromatic heterocycles. The van der Waals surface area contributed by atoms with Crippen molar-refractivity contribution >= 4 is 47.3 Å². The highest BCUT2D eigenvalue weighted by molar-refractivity contribution is 6.39. The number of cyclic esters (lactones) is 1. The maximum Gasteiger partial charge on any atom is 0.407 e. The molecule has 5 fully saturated rings. The summed E-state index contributed by atoms with van der Waals surface area (Å²) in [6.07, 6.45) is 17.2. The minimum atomic E-state index is -2.48. The standard InChI is InChI=1S/C75H113N13O15/c1-48-17-13-12-14-18-50(3)62(97-9)41-58-22-20-55(8)75(96,103-58)69(92)70(93)88-25-16-15-19-60(88)71(94)101-63(42-59(82-83-76)51(4)38-54(7)67(91)68(99-11)66(90)53(6)37-48)52(5)39-56-21-23-61(64(40-56)98-10)102-74(95)81-47-57-45-79-73(80-46-57)87-32-30-85(31-33-87)65(89)24-35-100-36-34-84-26-28-86(29-27-84)72-77-43-49(2)44-78-72/h12-14,17-18,38,43-46,48,51-53,55-56,58-64,67-68,91,96H,15-16,19-37,39-42,47H2,1-11H3,(H,81,95)/b14-12+,17-13+,50-18+,54-38+/t48-,51-,52-,53-,55-,56+,58+,59+,60+,61-,62+,63+,64-,67-,68+,75-/m1/s1. The summed E-state index contributed by atoms with van der Waals surface area (Å²) in [5, 5.41) is 31.0. The third kappa shape index (κ3) is 22.9. The number of anilines is 2. The lowest BCUT2D eigenvalue weighted by molar-refractivity contribution is -0.265. The number of aliphatic hydroxyl groups is 2. The summed E-state index contributed by atoms with van der Waals surface area (Å²) in [5.41, 5.74) is 13.1. The highest BCUT2D eigenvalue weighted by atomic mass is 16.6. The minimum absolute atomic E-state index is 0.00932. The Bertz CT molecular complexity index is 3280. The second kappa shape index (κ2) is 39.7. The Labute approximate surface area is 607 Å². The highest BCUT2D eigenvalue weighted by Crippen LogP contribution is 2.39. The molecule has 103 heavy (non-hydrogen) atoms. The van der Waals surface area contributed by atoms with Crippen LogP contribution in [0.2, 0.25) is 0 Å². The highest BCUT2D eigenvalue weighted by Gasteiger charge is 2.53. The first-order chi connectivity index (χ1) is 49.4. The van der Waals surface area contributed by atoms with E-state index in [4.69, 9.17) is 33.2 Å². The number of ketones is 2. The molecule has 0 spiro atoms. The Morgan fingerprint density at radius 3 is 2.14 bits per heavy atom. The van der Waals surface area contributed by atoms with Crippen LogP contribution in [0, 0.1) is 42.4 Å². The predicted molar refractivity (Wildman–Crippen MR) is 386 cm³/mol. The van der Waals surface area contributed by atoms with Crippen LogP contribution in [-0.4, -0.2) is 241 Å².